The van der Waals surface area contributed by atoms with Gasteiger partial charge in [-0.05, 0) is 30.2 Å². The Hall–Kier alpha value is -0.990. The predicted octanol–water partition coefficient (Wildman–Crippen LogP) is 5.08. The Labute approximate surface area is 110 Å². The first-order valence-electron chi connectivity index (χ1n) is 5.29. The summed E-state index contributed by atoms with van der Waals surface area (Å²) >= 11 is 7.70. The van der Waals surface area contributed by atoms with E-state index in [1.807, 2.05) is 37.3 Å². The van der Waals surface area contributed by atoms with Crippen LogP contribution in [-0.2, 0) is 5.75 Å². The normalized spacial score (nSPS) is 10.5. The van der Waals surface area contributed by atoms with Crippen LogP contribution < -0.4 is 0 Å². The zero-order valence-corrected chi connectivity index (χ0v) is 11.0. The van der Waals surface area contributed by atoms with Gasteiger partial charge in [-0.1, -0.05) is 41.9 Å². The smallest absolute Gasteiger partial charge is 0.124 e. The van der Waals surface area contributed by atoms with Gasteiger partial charge in [0.05, 0.1) is 5.02 Å². The van der Waals surface area contributed by atoms with Crippen molar-refractivity contribution in [2.24, 2.45) is 0 Å². The molecule has 0 unspecified atom stereocenters. The topological polar surface area (TPSA) is 0 Å². The summed E-state index contributed by atoms with van der Waals surface area (Å²) in [5, 5.41) is 0.646. The molecular formula is C14H12ClFS. The Morgan fingerprint density at radius 1 is 1.18 bits per heavy atom. The standard InChI is InChI=1S/C14H12ClFS/c1-10-7-12(16)8-13(14(10)15)17-9-11-5-3-2-4-6-11/h2-8H,9H2,1H3. The molecule has 0 heterocycles. The van der Waals surface area contributed by atoms with Crippen LogP contribution in [-0.4, -0.2) is 0 Å². The molecule has 17 heavy (non-hydrogen) atoms. The van der Waals surface area contributed by atoms with Gasteiger partial charge in [0, 0.05) is 10.6 Å². The quantitative estimate of drug-likeness (QED) is 0.698. The van der Waals surface area contributed by atoms with Crippen molar-refractivity contribution in [3.63, 3.8) is 0 Å². The van der Waals surface area contributed by atoms with E-state index in [0.717, 1.165) is 16.2 Å². The lowest BCUT2D eigenvalue weighted by Crippen LogP contribution is -1.86. The van der Waals surface area contributed by atoms with Crippen molar-refractivity contribution in [1.82, 2.24) is 0 Å². The van der Waals surface area contributed by atoms with E-state index < -0.39 is 0 Å². The van der Waals surface area contributed by atoms with Crippen molar-refractivity contribution in [2.75, 3.05) is 0 Å². The van der Waals surface area contributed by atoms with Gasteiger partial charge in [-0.25, -0.2) is 4.39 Å². The fourth-order valence-corrected chi connectivity index (χ4v) is 2.81. The van der Waals surface area contributed by atoms with Gasteiger partial charge in [-0.3, -0.25) is 0 Å². The van der Waals surface area contributed by atoms with E-state index in [1.165, 1.54) is 17.7 Å². The third-order valence-electron chi connectivity index (χ3n) is 2.42. The molecule has 0 fully saturated rings. The first-order valence-corrected chi connectivity index (χ1v) is 6.65. The molecule has 0 aliphatic carbocycles. The molecule has 2 rings (SSSR count). The lowest BCUT2D eigenvalue weighted by Gasteiger charge is -2.07. The molecule has 2 aromatic carbocycles. The zero-order valence-electron chi connectivity index (χ0n) is 9.41. The van der Waals surface area contributed by atoms with E-state index in [-0.39, 0.29) is 5.82 Å². The summed E-state index contributed by atoms with van der Waals surface area (Å²) in [5.41, 5.74) is 1.98. The Kier molecular flexibility index (Phi) is 4.08. The van der Waals surface area contributed by atoms with Crippen LogP contribution in [0.2, 0.25) is 5.02 Å². The summed E-state index contributed by atoms with van der Waals surface area (Å²) in [6.07, 6.45) is 0. The van der Waals surface area contributed by atoms with Crippen molar-refractivity contribution in [1.29, 1.82) is 0 Å². The molecule has 0 atom stereocenters. The Bertz CT molecular complexity index is 511. The highest BCUT2D eigenvalue weighted by Crippen LogP contribution is 2.32. The van der Waals surface area contributed by atoms with Gasteiger partial charge in [0.1, 0.15) is 5.82 Å². The summed E-state index contributed by atoms with van der Waals surface area (Å²) in [4.78, 5) is 0.799. The monoisotopic (exact) mass is 266 g/mol. The SMILES string of the molecule is Cc1cc(F)cc(SCc2ccccc2)c1Cl. The molecule has 0 radical (unpaired) electrons. The Morgan fingerprint density at radius 2 is 1.88 bits per heavy atom. The van der Waals surface area contributed by atoms with E-state index in [0.29, 0.717) is 5.02 Å². The second kappa shape index (κ2) is 5.56. The van der Waals surface area contributed by atoms with Crippen molar-refractivity contribution < 1.29 is 4.39 Å². The molecule has 88 valence electrons. The van der Waals surface area contributed by atoms with E-state index in [9.17, 15) is 4.39 Å². The summed E-state index contributed by atoms with van der Waals surface area (Å²) in [6, 6.07) is 13.0. The minimum absolute atomic E-state index is 0.234. The molecule has 0 saturated heterocycles. The maximum Gasteiger partial charge on any atom is 0.124 e. The fraction of sp³-hybridized carbons (Fsp3) is 0.143. The zero-order chi connectivity index (χ0) is 12.3. The summed E-state index contributed by atoms with van der Waals surface area (Å²) in [6.45, 7) is 1.82. The number of aryl methyl sites for hydroxylation is 1. The van der Waals surface area contributed by atoms with Gasteiger partial charge in [0.2, 0.25) is 0 Å². The number of hydrogen-bond acceptors (Lipinski definition) is 1. The van der Waals surface area contributed by atoms with Crippen LogP contribution >= 0.6 is 23.4 Å². The molecule has 0 aromatic heterocycles. The van der Waals surface area contributed by atoms with Crippen molar-refractivity contribution in [3.8, 4) is 0 Å². The maximum atomic E-state index is 13.3. The molecule has 0 spiro atoms. The van der Waals surface area contributed by atoms with Gasteiger partial charge >= 0.3 is 0 Å². The van der Waals surface area contributed by atoms with Crippen molar-refractivity contribution in [3.05, 3.63) is 64.4 Å². The molecule has 0 saturated carbocycles. The summed E-state index contributed by atoms with van der Waals surface area (Å²) < 4.78 is 13.3. The third-order valence-corrected chi connectivity index (χ3v) is 4.15. The third kappa shape index (κ3) is 3.24. The van der Waals surface area contributed by atoms with E-state index in [1.54, 1.807) is 11.8 Å². The maximum absolute atomic E-state index is 13.3. The highest BCUT2D eigenvalue weighted by Gasteiger charge is 2.07. The van der Waals surface area contributed by atoms with Crippen LogP contribution in [0.3, 0.4) is 0 Å². The van der Waals surface area contributed by atoms with Crippen molar-refractivity contribution >= 4 is 23.4 Å². The highest BCUT2D eigenvalue weighted by atomic mass is 35.5. The lowest BCUT2D eigenvalue weighted by molar-refractivity contribution is 0.623. The molecule has 0 N–H and O–H groups in total. The second-order valence-electron chi connectivity index (χ2n) is 3.81. The van der Waals surface area contributed by atoms with E-state index in [4.69, 9.17) is 11.6 Å². The summed E-state index contributed by atoms with van der Waals surface area (Å²) in [5.74, 6) is 0.561. The van der Waals surface area contributed by atoms with Crippen LogP contribution in [0.5, 0.6) is 0 Å². The molecular weight excluding hydrogens is 255 g/mol. The van der Waals surface area contributed by atoms with Gasteiger partial charge in [-0.2, -0.15) is 0 Å². The van der Waals surface area contributed by atoms with E-state index >= 15 is 0 Å². The minimum atomic E-state index is -0.234. The second-order valence-corrected chi connectivity index (χ2v) is 5.20. The van der Waals surface area contributed by atoms with E-state index in [2.05, 4.69) is 0 Å². The highest BCUT2D eigenvalue weighted by molar-refractivity contribution is 7.98. The predicted molar refractivity (Wildman–Crippen MR) is 72.2 cm³/mol. The van der Waals surface area contributed by atoms with Gasteiger partial charge in [0.15, 0.2) is 0 Å². The lowest BCUT2D eigenvalue weighted by atomic mass is 10.2. The van der Waals surface area contributed by atoms with Crippen LogP contribution in [0, 0.1) is 12.7 Å². The van der Waals surface area contributed by atoms with Crippen LogP contribution in [0.1, 0.15) is 11.1 Å². The molecule has 0 aliphatic rings. The minimum Gasteiger partial charge on any atom is -0.207 e. The molecule has 3 heteroatoms. The molecule has 0 amide bonds. The summed E-state index contributed by atoms with van der Waals surface area (Å²) in [7, 11) is 0. The van der Waals surface area contributed by atoms with Crippen molar-refractivity contribution in [2.45, 2.75) is 17.6 Å². The average Bonchev–Trinajstić information content (AvgIpc) is 2.33. The first-order chi connectivity index (χ1) is 8.16. The van der Waals surface area contributed by atoms with Gasteiger partial charge in [0.25, 0.3) is 0 Å². The van der Waals surface area contributed by atoms with Crippen LogP contribution in [0.25, 0.3) is 0 Å². The Balaban J connectivity index is 2.14. The number of benzene rings is 2. The average molecular weight is 267 g/mol. The Morgan fingerprint density at radius 3 is 2.59 bits per heavy atom. The number of thioether (sulfide) groups is 1. The van der Waals surface area contributed by atoms with Crippen LogP contribution in [0.15, 0.2) is 47.4 Å². The fourth-order valence-electron chi connectivity index (χ4n) is 1.54. The van der Waals surface area contributed by atoms with Gasteiger partial charge in [-0.15, -0.1) is 11.8 Å². The molecule has 0 nitrogen and oxygen atoms in total. The first kappa shape index (κ1) is 12.5. The largest absolute Gasteiger partial charge is 0.207 e. The molecule has 2 aromatic rings. The molecule has 0 bridgehead atoms. The van der Waals surface area contributed by atoms with Crippen LogP contribution in [0.4, 0.5) is 4.39 Å². The number of halogens is 2. The number of rotatable bonds is 3. The van der Waals surface area contributed by atoms with Gasteiger partial charge < -0.3 is 0 Å². The molecule has 0 aliphatic heterocycles. The number of hydrogen-bond donors (Lipinski definition) is 0.